The standard InChI is InChI=1S/C11H11ClF2/c1-6-9(13)5-10(14)7-3-2-4-8(12)11(6)7/h5,8H,2-4H2,1H3. The Hall–Kier alpha value is -0.630. The summed E-state index contributed by atoms with van der Waals surface area (Å²) in [5, 5.41) is -0.232. The molecule has 0 amide bonds. The van der Waals surface area contributed by atoms with Crippen LogP contribution in [0.3, 0.4) is 0 Å². The third kappa shape index (κ3) is 1.42. The molecule has 0 saturated carbocycles. The minimum Gasteiger partial charge on any atom is -0.207 e. The van der Waals surface area contributed by atoms with Crippen molar-refractivity contribution in [1.82, 2.24) is 0 Å². The number of hydrogen-bond donors (Lipinski definition) is 0. The summed E-state index contributed by atoms with van der Waals surface area (Å²) >= 11 is 6.06. The van der Waals surface area contributed by atoms with E-state index in [0.29, 0.717) is 23.1 Å². The first-order chi connectivity index (χ1) is 6.61. The summed E-state index contributed by atoms with van der Waals surface area (Å²) in [5.41, 5.74) is 1.78. The van der Waals surface area contributed by atoms with E-state index in [9.17, 15) is 8.78 Å². The van der Waals surface area contributed by atoms with E-state index in [2.05, 4.69) is 0 Å². The maximum absolute atomic E-state index is 13.4. The van der Waals surface area contributed by atoms with Crippen molar-refractivity contribution >= 4 is 11.6 Å². The van der Waals surface area contributed by atoms with Gasteiger partial charge in [-0.2, -0.15) is 0 Å². The normalized spacial score (nSPS) is 20.7. The molecular weight excluding hydrogens is 206 g/mol. The SMILES string of the molecule is Cc1c(F)cc(F)c2c1C(Cl)CCC2. The second-order valence-electron chi connectivity index (χ2n) is 3.72. The zero-order chi connectivity index (χ0) is 10.3. The molecule has 76 valence electrons. The lowest BCUT2D eigenvalue weighted by atomic mass is 9.87. The molecule has 1 aromatic rings. The van der Waals surface area contributed by atoms with E-state index < -0.39 is 11.6 Å². The van der Waals surface area contributed by atoms with Gasteiger partial charge in [-0.25, -0.2) is 8.78 Å². The van der Waals surface area contributed by atoms with E-state index in [1.165, 1.54) is 0 Å². The van der Waals surface area contributed by atoms with Crippen LogP contribution in [0.25, 0.3) is 0 Å². The van der Waals surface area contributed by atoms with Gasteiger partial charge < -0.3 is 0 Å². The summed E-state index contributed by atoms with van der Waals surface area (Å²) in [6.45, 7) is 1.66. The van der Waals surface area contributed by atoms with Crippen molar-refractivity contribution in [1.29, 1.82) is 0 Å². The molecular formula is C11H11ClF2. The van der Waals surface area contributed by atoms with Crippen LogP contribution < -0.4 is 0 Å². The highest BCUT2D eigenvalue weighted by Gasteiger charge is 2.24. The van der Waals surface area contributed by atoms with Gasteiger partial charge in [0, 0.05) is 6.07 Å². The third-order valence-corrected chi connectivity index (χ3v) is 3.26. The van der Waals surface area contributed by atoms with Crippen LogP contribution in [0.2, 0.25) is 0 Å². The van der Waals surface area contributed by atoms with Crippen LogP contribution in [-0.2, 0) is 6.42 Å². The van der Waals surface area contributed by atoms with E-state index in [0.717, 1.165) is 18.9 Å². The van der Waals surface area contributed by atoms with Crippen LogP contribution in [-0.4, -0.2) is 0 Å². The lowest BCUT2D eigenvalue weighted by Gasteiger charge is -2.23. The van der Waals surface area contributed by atoms with Gasteiger partial charge in [0.05, 0.1) is 5.38 Å². The second-order valence-corrected chi connectivity index (χ2v) is 4.24. The van der Waals surface area contributed by atoms with Gasteiger partial charge in [-0.05, 0) is 42.9 Å². The van der Waals surface area contributed by atoms with Gasteiger partial charge in [-0.15, -0.1) is 11.6 Å². The molecule has 0 saturated heterocycles. The van der Waals surface area contributed by atoms with Crippen molar-refractivity contribution < 1.29 is 8.78 Å². The molecule has 3 heteroatoms. The molecule has 1 unspecified atom stereocenters. The molecule has 1 aliphatic rings. The summed E-state index contributed by atoms with van der Waals surface area (Å²) < 4.78 is 26.6. The molecule has 0 nitrogen and oxygen atoms in total. The minimum absolute atomic E-state index is 0.232. The van der Waals surface area contributed by atoms with Crippen molar-refractivity contribution in [3.63, 3.8) is 0 Å². The molecule has 0 fully saturated rings. The van der Waals surface area contributed by atoms with Gasteiger partial charge in [0.15, 0.2) is 0 Å². The number of alkyl halides is 1. The van der Waals surface area contributed by atoms with Crippen LogP contribution in [0.15, 0.2) is 6.07 Å². The minimum atomic E-state index is -0.492. The number of hydrogen-bond acceptors (Lipinski definition) is 0. The topological polar surface area (TPSA) is 0 Å². The molecule has 2 rings (SSSR count). The van der Waals surface area contributed by atoms with Crippen LogP contribution in [0.5, 0.6) is 0 Å². The molecule has 0 bridgehead atoms. The Kier molecular flexibility index (Phi) is 2.48. The third-order valence-electron chi connectivity index (χ3n) is 2.83. The van der Waals surface area contributed by atoms with E-state index in [-0.39, 0.29) is 5.38 Å². The smallest absolute Gasteiger partial charge is 0.129 e. The Morgan fingerprint density at radius 3 is 2.79 bits per heavy atom. The molecule has 0 spiro atoms. The predicted molar refractivity (Wildman–Crippen MR) is 52.6 cm³/mol. The van der Waals surface area contributed by atoms with Gasteiger partial charge in [-0.1, -0.05) is 0 Å². The summed E-state index contributed by atoms with van der Waals surface area (Å²) in [6.07, 6.45) is 2.35. The Labute approximate surface area is 86.9 Å². The molecule has 0 aliphatic heterocycles. The first kappa shape index (κ1) is 9.91. The van der Waals surface area contributed by atoms with Crippen molar-refractivity contribution in [2.75, 3.05) is 0 Å². The van der Waals surface area contributed by atoms with Gasteiger partial charge in [-0.3, -0.25) is 0 Å². The average Bonchev–Trinajstić information content (AvgIpc) is 2.14. The highest BCUT2D eigenvalue weighted by atomic mass is 35.5. The van der Waals surface area contributed by atoms with Gasteiger partial charge in [0.1, 0.15) is 11.6 Å². The first-order valence-corrected chi connectivity index (χ1v) is 5.16. The Morgan fingerprint density at radius 1 is 1.36 bits per heavy atom. The molecule has 0 N–H and O–H groups in total. The molecule has 1 atom stereocenters. The second kappa shape index (κ2) is 3.50. The van der Waals surface area contributed by atoms with Crippen molar-refractivity contribution in [2.45, 2.75) is 31.6 Å². The van der Waals surface area contributed by atoms with E-state index in [4.69, 9.17) is 11.6 Å². The van der Waals surface area contributed by atoms with Gasteiger partial charge in [0.2, 0.25) is 0 Å². The quantitative estimate of drug-likeness (QED) is 0.578. The summed E-state index contributed by atoms with van der Waals surface area (Å²) in [4.78, 5) is 0. The molecule has 1 aromatic carbocycles. The molecule has 1 aliphatic carbocycles. The molecule has 14 heavy (non-hydrogen) atoms. The van der Waals surface area contributed by atoms with E-state index >= 15 is 0 Å². The average molecular weight is 217 g/mol. The zero-order valence-electron chi connectivity index (χ0n) is 7.91. The summed E-state index contributed by atoms with van der Waals surface area (Å²) in [6, 6.07) is 0.961. The highest BCUT2D eigenvalue weighted by Crippen LogP contribution is 2.38. The maximum atomic E-state index is 13.4. The summed E-state index contributed by atoms with van der Waals surface area (Å²) in [7, 11) is 0. The van der Waals surface area contributed by atoms with Crippen LogP contribution in [0, 0.1) is 18.6 Å². The number of rotatable bonds is 0. The Morgan fingerprint density at radius 2 is 2.07 bits per heavy atom. The van der Waals surface area contributed by atoms with E-state index in [1.54, 1.807) is 6.92 Å². The fourth-order valence-electron chi connectivity index (χ4n) is 2.07. The number of fused-ring (bicyclic) bond motifs is 1. The lowest BCUT2D eigenvalue weighted by Crippen LogP contribution is -2.11. The molecule has 0 aromatic heterocycles. The highest BCUT2D eigenvalue weighted by molar-refractivity contribution is 6.21. The first-order valence-electron chi connectivity index (χ1n) is 4.72. The van der Waals surface area contributed by atoms with Crippen molar-refractivity contribution in [3.8, 4) is 0 Å². The molecule has 0 radical (unpaired) electrons. The zero-order valence-corrected chi connectivity index (χ0v) is 8.67. The fraction of sp³-hybridized carbons (Fsp3) is 0.455. The fourth-order valence-corrected chi connectivity index (χ4v) is 2.52. The number of halogens is 3. The Bertz CT molecular complexity index is 374. The van der Waals surface area contributed by atoms with Crippen LogP contribution >= 0.6 is 11.6 Å². The van der Waals surface area contributed by atoms with Gasteiger partial charge >= 0.3 is 0 Å². The van der Waals surface area contributed by atoms with Crippen LogP contribution in [0.1, 0.15) is 34.9 Å². The van der Waals surface area contributed by atoms with Crippen molar-refractivity contribution in [2.24, 2.45) is 0 Å². The van der Waals surface area contributed by atoms with E-state index in [1.807, 2.05) is 0 Å². The number of benzene rings is 1. The maximum Gasteiger partial charge on any atom is 0.129 e. The lowest BCUT2D eigenvalue weighted by molar-refractivity contribution is 0.538. The van der Waals surface area contributed by atoms with Gasteiger partial charge in [0.25, 0.3) is 0 Å². The Balaban J connectivity index is 2.67. The monoisotopic (exact) mass is 216 g/mol. The predicted octanol–water partition coefficient (Wildman–Crippen LogP) is 3.89. The van der Waals surface area contributed by atoms with Crippen molar-refractivity contribution in [3.05, 3.63) is 34.4 Å². The largest absolute Gasteiger partial charge is 0.207 e. The molecule has 0 heterocycles. The summed E-state index contributed by atoms with van der Waals surface area (Å²) in [5.74, 6) is -0.942. The van der Waals surface area contributed by atoms with Crippen LogP contribution in [0.4, 0.5) is 8.78 Å².